The van der Waals surface area contributed by atoms with Gasteiger partial charge >= 0.3 is 0 Å². The number of rotatable bonds is 8. The van der Waals surface area contributed by atoms with Crippen molar-refractivity contribution in [2.24, 2.45) is 5.92 Å². The van der Waals surface area contributed by atoms with E-state index < -0.39 is 17.4 Å². The average molecular weight is 440 g/mol. The molecule has 9 heteroatoms. The van der Waals surface area contributed by atoms with Crippen molar-refractivity contribution < 1.29 is 19.8 Å². The third-order valence-electron chi connectivity index (χ3n) is 6.21. The van der Waals surface area contributed by atoms with Crippen molar-refractivity contribution in [3.63, 3.8) is 0 Å². The number of aromatic nitrogens is 3. The number of carbonyl (C=O) groups excluding carboxylic acids is 2. The van der Waals surface area contributed by atoms with Gasteiger partial charge in [-0.05, 0) is 37.5 Å². The summed E-state index contributed by atoms with van der Waals surface area (Å²) in [6, 6.07) is 5.34. The molecule has 32 heavy (non-hydrogen) atoms. The fourth-order valence-corrected chi connectivity index (χ4v) is 4.32. The molecule has 3 N–H and O–H groups in total. The smallest absolute Gasteiger partial charge is 0.261 e. The summed E-state index contributed by atoms with van der Waals surface area (Å²) in [6.45, 7) is 3.09. The number of piperidine rings is 1. The van der Waals surface area contributed by atoms with Crippen LogP contribution in [0.5, 0.6) is 0 Å². The first-order valence-electron chi connectivity index (χ1n) is 11.1. The standard InChI is InChI=1S/C23H29N5O4/c1-16(6-2-4-11-27-15-17(10-13-29)25-26-27)23(32)19-14-18(8-9-20(19)24-22(23)31)28-12-5-3-7-21(28)30/h2,6,8-9,14-16,29,32H,3-5,7,10-13H2,1H3,(H,24,31)/b6-2+/t16-,23+/m1/s1. The lowest BCUT2D eigenvalue weighted by Gasteiger charge is -2.29. The van der Waals surface area contributed by atoms with Crippen LogP contribution in [-0.2, 0) is 28.2 Å². The first kappa shape index (κ1) is 22.2. The van der Waals surface area contributed by atoms with Crippen LogP contribution < -0.4 is 10.2 Å². The van der Waals surface area contributed by atoms with E-state index in [9.17, 15) is 14.7 Å². The Kier molecular flexibility index (Phi) is 6.38. The van der Waals surface area contributed by atoms with Gasteiger partial charge in [-0.15, -0.1) is 5.10 Å². The van der Waals surface area contributed by atoms with Gasteiger partial charge in [0.1, 0.15) is 0 Å². The summed E-state index contributed by atoms with van der Waals surface area (Å²) in [7, 11) is 0. The first-order valence-corrected chi connectivity index (χ1v) is 11.1. The molecule has 2 aromatic rings. The summed E-state index contributed by atoms with van der Waals surface area (Å²) in [5.74, 6) is -0.867. The molecule has 170 valence electrons. The number of carbonyl (C=O) groups is 2. The highest BCUT2D eigenvalue weighted by Gasteiger charge is 2.48. The minimum absolute atomic E-state index is 0.0336. The van der Waals surface area contributed by atoms with Gasteiger partial charge < -0.3 is 20.4 Å². The molecule has 0 saturated carbocycles. The third kappa shape index (κ3) is 4.18. The minimum Gasteiger partial charge on any atom is -0.396 e. The number of benzene rings is 1. The second-order valence-electron chi connectivity index (χ2n) is 8.40. The van der Waals surface area contributed by atoms with Gasteiger partial charge in [0.05, 0.1) is 5.69 Å². The summed E-state index contributed by atoms with van der Waals surface area (Å²) in [5.41, 5.74) is 0.818. The Hall–Kier alpha value is -3.04. The molecule has 4 rings (SSSR count). The highest BCUT2D eigenvalue weighted by Crippen LogP contribution is 2.43. The molecule has 0 bridgehead atoms. The monoisotopic (exact) mass is 439 g/mol. The van der Waals surface area contributed by atoms with Gasteiger partial charge in [-0.2, -0.15) is 0 Å². The molecule has 1 aromatic carbocycles. The Morgan fingerprint density at radius 3 is 2.94 bits per heavy atom. The fraction of sp³-hybridized carbons (Fsp3) is 0.478. The Bertz CT molecular complexity index is 1030. The van der Waals surface area contributed by atoms with Gasteiger partial charge in [0.15, 0.2) is 5.60 Å². The number of hydrogen-bond donors (Lipinski definition) is 3. The molecule has 2 amide bonds. The molecule has 0 aliphatic carbocycles. The van der Waals surface area contributed by atoms with E-state index in [-0.39, 0.29) is 12.5 Å². The SMILES string of the molecule is C[C@H](/C=C/CCn1cc(CCO)nn1)[C@@]1(O)C(=O)Nc2ccc(N3CCCCC3=O)cc21. The highest BCUT2D eigenvalue weighted by molar-refractivity contribution is 6.06. The molecular formula is C23H29N5O4. The first-order chi connectivity index (χ1) is 15.4. The summed E-state index contributed by atoms with van der Waals surface area (Å²) < 4.78 is 1.70. The fourth-order valence-electron chi connectivity index (χ4n) is 4.32. The molecular weight excluding hydrogens is 410 g/mol. The van der Waals surface area contributed by atoms with E-state index in [1.165, 1.54) is 0 Å². The van der Waals surface area contributed by atoms with Crippen LogP contribution in [0, 0.1) is 5.92 Å². The number of aliphatic hydroxyl groups is 2. The van der Waals surface area contributed by atoms with Crippen LogP contribution in [-0.4, -0.2) is 50.2 Å². The van der Waals surface area contributed by atoms with Crippen LogP contribution >= 0.6 is 0 Å². The predicted octanol–water partition coefficient (Wildman–Crippen LogP) is 1.75. The number of fused-ring (bicyclic) bond motifs is 1. The second-order valence-corrected chi connectivity index (χ2v) is 8.40. The molecule has 0 radical (unpaired) electrons. The van der Waals surface area contributed by atoms with E-state index in [4.69, 9.17) is 5.11 Å². The van der Waals surface area contributed by atoms with Crippen molar-refractivity contribution in [3.8, 4) is 0 Å². The van der Waals surface area contributed by atoms with Gasteiger partial charge in [0, 0.05) is 61.6 Å². The van der Waals surface area contributed by atoms with E-state index in [0.29, 0.717) is 49.3 Å². The van der Waals surface area contributed by atoms with Crippen molar-refractivity contribution >= 4 is 23.2 Å². The van der Waals surface area contributed by atoms with Crippen molar-refractivity contribution in [2.45, 2.75) is 51.2 Å². The molecule has 2 atom stereocenters. The second kappa shape index (κ2) is 9.22. The molecule has 0 unspecified atom stereocenters. The Labute approximate surface area is 186 Å². The summed E-state index contributed by atoms with van der Waals surface area (Å²) in [5, 5.41) is 31.2. The van der Waals surface area contributed by atoms with Gasteiger partial charge in [-0.3, -0.25) is 14.3 Å². The predicted molar refractivity (Wildman–Crippen MR) is 119 cm³/mol. The van der Waals surface area contributed by atoms with Crippen LogP contribution in [0.2, 0.25) is 0 Å². The minimum atomic E-state index is -1.71. The van der Waals surface area contributed by atoms with Crippen LogP contribution in [0.4, 0.5) is 11.4 Å². The van der Waals surface area contributed by atoms with Gasteiger partial charge in [0.25, 0.3) is 5.91 Å². The van der Waals surface area contributed by atoms with Crippen LogP contribution in [0.15, 0.2) is 36.5 Å². The van der Waals surface area contributed by atoms with E-state index >= 15 is 0 Å². The maximum Gasteiger partial charge on any atom is 0.261 e. The molecule has 0 spiro atoms. The van der Waals surface area contributed by atoms with E-state index in [0.717, 1.165) is 18.5 Å². The summed E-state index contributed by atoms with van der Waals surface area (Å²) >= 11 is 0. The number of amides is 2. The topological polar surface area (TPSA) is 121 Å². The molecule has 3 heterocycles. The number of nitrogens with zero attached hydrogens (tertiary/aromatic N) is 4. The summed E-state index contributed by atoms with van der Waals surface area (Å²) in [4.78, 5) is 26.8. The zero-order valence-electron chi connectivity index (χ0n) is 18.2. The number of nitrogens with one attached hydrogen (secondary N) is 1. The number of allylic oxidation sites excluding steroid dienone is 1. The van der Waals surface area contributed by atoms with Crippen LogP contribution in [0.25, 0.3) is 0 Å². The lowest BCUT2D eigenvalue weighted by Crippen LogP contribution is -2.40. The number of hydrogen-bond acceptors (Lipinski definition) is 6. The lowest BCUT2D eigenvalue weighted by molar-refractivity contribution is -0.137. The van der Waals surface area contributed by atoms with Gasteiger partial charge in [-0.1, -0.05) is 24.3 Å². The number of aliphatic hydroxyl groups excluding tert-OH is 1. The Balaban J connectivity index is 1.47. The highest BCUT2D eigenvalue weighted by atomic mass is 16.3. The average Bonchev–Trinajstić information content (AvgIpc) is 3.34. The van der Waals surface area contributed by atoms with Crippen molar-refractivity contribution in [3.05, 3.63) is 47.8 Å². The Morgan fingerprint density at radius 2 is 2.16 bits per heavy atom. The molecule has 1 saturated heterocycles. The number of anilines is 2. The third-order valence-corrected chi connectivity index (χ3v) is 6.21. The molecule has 9 nitrogen and oxygen atoms in total. The zero-order chi connectivity index (χ0) is 22.7. The largest absolute Gasteiger partial charge is 0.396 e. The quantitative estimate of drug-likeness (QED) is 0.539. The van der Waals surface area contributed by atoms with E-state index in [1.807, 2.05) is 18.2 Å². The van der Waals surface area contributed by atoms with E-state index in [1.54, 1.807) is 34.8 Å². The Morgan fingerprint density at radius 1 is 1.31 bits per heavy atom. The number of aryl methyl sites for hydroxylation is 1. The van der Waals surface area contributed by atoms with E-state index in [2.05, 4.69) is 15.6 Å². The molecule has 2 aliphatic rings. The van der Waals surface area contributed by atoms with Gasteiger partial charge in [-0.25, -0.2) is 0 Å². The van der Waals surface area contributed by atoms with Gasteiger partial charge in [0.2, 0.25) is 5.91 Å². The zero-order valence-corrected chi connectivity index (χ0v) is 18.2. The molecule has 1 fully saturated rings. The maximum absolute atomic E-state index is 12.7. The molecule has 1 aromatic heterocycles. The van der Waals surface area contributed by atoms with Crippen LogP contribution in [0.3, 0.4) is 0 Å². The van der Waals surface area contributed by atoms with Crippen LogP contribution in [0.1, 0.15) is 43.9 Å². The van der Waals surface area contributed by atoms with Crippen molar-refractivity contribution in [2.75, 3.05) is 23.4 Å². The summed E-state index contributed by atoms with van der Waals surface area (Å²) in [6.07, 6.45) is 9.02. The lowest BCUT2D eigenvalue weighted by atomic mass is 9.82. The van der Waals surface area contributed by atoms with Crippen molar-refractivity contribution in [1.29, 1.82) is 0 Å². The van der Waals surface area contributed by atoms with Crippen molar-refractivity contribution in [1.82, 2.24) is 15.0 Å². The normalized spacial score (nSPS) is 21.8. The maximum atomic E-state index is 12.7. The molecule has 2 aliphatic heterocycles.